The summed E-state index contributed by atoms with van der Waals surface area (Å²) in [5, 5.41) is 11.4. The molecule has 0 amide bonds. The highest BCUT2D eigenvalue weighted by Crippen LogP contribution is 1.96. The fourth-order valence-electron chi connectivity index (χ4n) is 0.684. The first-order valence-corrected chi connectivity index (χ1v) is 3.97. The van der Waals surface area contributed by atoms with Crippen LogP contribution >= 0.6 is 12.6 Å². The van der Waals surface area contributed by atoms with Crippen LogP contribution in [0.4, 0.5) is 0 Å². The Hall–Kier alpha value is -0.640. The largest absolute Gasteiger partial charge is 0.480 e. The molecule has 1 unspecified atom stereocenters. The monoisotopic (exact) mass is 175 g/mol. The molecular formula is C7H13NO2S. The van der Waals surface area contributed by atoms with Crippen molar-refractivity contribution in [1.82, 2.24) is 5.32 Å². The van der Waals surface area contributed by atoms with E-state index in [1.807, 2.05) is 0 Å². The quantitative estimate of drug-likeness (QED) is 0.544. The van der Waals surface area contributed by atoms with E-state index >= 15 is 0 Å². The van der Waals surface area contributed by atoms with Gasteiger partial charge in [0.05, 0.1) is 0 Å². The minimum Gasteiger partial charge on any atom is -0.480 e. The van der Waals surface area contributed by atoms with Gasteiger partial charge in [0.25, 0.3) is 0 Å². The molecular weight excluding hydrogens is 162 g/mol. The van der Waals surface area contributed by atoms with Gasteiger partial charge >= 0.3 is 5.97 Å². The average molecular weight is 175 g/mol. The summed E-state index contributed by atoms with van der Waals surface area (Å²) in [5.41, 5.74) is 0.666. The molecule has 0 fully saturated rings. The summed E-state index contributed by atoms with van der Waals surface area (Å²) >= 11 is 3.94. The van der Waals surface area contributed by atoms with Gasteiger partial charge in [-0.2, -0.15) is 12.6 Å². The number of rotatable bonds is 5. The lowest BCUT2D eigenvalue weighted by Crippen LogP contribution is -2.35. The summed E-state index contributed by atoms with van der Waals surface area (Å²) in [6.07, 6.45) is 0.505. The van der Waals surface area contributed by atoms with Gasteiger partial charge in [-0.05, 0) is 19.1 Å². The fourth-order valence-corrected chi connectivity index (χ4v) is 0.942. The van der Waals surface area contributed by atoms with Gasteiger partial charge in [0, 0.05) is 5.70 Å². The van der Waals surface area contributed by atoms with Gasteiger partial charge in [0.1, 0.15) is 6.04 Å². The second-order valence-electron chi connectivity index (χ2n) is 2.33. The minimum atomic E-state index is -0.859. The lowest BCUT2D eigenvalue weighted by atomic mass is 10.2. The zero-order chi connectivity index (χ0) is 8.85. The number of hydrogen-bond donors (Lipinski definition) is 3. The van der Waals surface area contributed by atoms with Crippen molar-refractivity contribution >= 4 is 18.6 Å². The summed E-state index contributed by atoms with van der Waals surface area (Å²) in [6, 6.07) is -0.551. The number of aliphatic carboxylic acids is 1. The third-order valence-electron chi connectivity index (χ3n) is 1.14. The maximum atomic E-state index is 10.5. The molecule has 11 heavy (non-hydrogen) atoms. The van der Waals surface area contributed by atoms with E-state index in [1.54, 1.807) is 6.92 Å². The third kappa shape index (κ3) is 4.72. The van der Waals surface area contributed by atoms with Crippen molar-refractivity contribution < 1.29 is 9.90 Å². The zero-order valence-corrected chi connectivity index (χ0v) is 7.40. The molecule has 0 heterocycles. The zero-order valence-electron chi connectivity index (χ0n) is 6.50. The summed E-state index contributed by atoms with van der Waals surface area (Å²) in [7, 11) is 0. The second kappa shape index (κ2) is 5.07. The lowest BCUT2D eigenvalue weighted by Gasteiger charge is -2.13. The molecule has 0 rings (SSSR count). The van der Waals surface area contributed by atoms with E-state index in [1.165, 1.54) is 0 Å². The van der Waals surface area contributed by atoms with Crippen LogP contribution in [0.2, 0.25) is 0 Å². The molecule has 0 spiro atoms. The molecule has 4 heteroatoms. The van der Waals surface area contributed by atoms with Crippen molar-refractivity contribution in [2.24, 2.45) is 0 Å². The van der Waals surface area contributed by atoms with Gasteiger partial charge in [-0.25, -0.2) is 4.79 Å². The van der Waals surface area contributed by atoms with Gasteiger partial charge in [-0.15, -0.1) is 0 Å². The SMILES string of the molecule is C=C(C)NC(CCS)C(=O)O. The van der Waals surface area contributed by atoms with Crippen molar-refractivity contribution in [3.05, 3.63) is 12.3 Å². The van der Waals surface area contributed by atoms with Gasteiger partial charge in [-0.1, -0.05) is 6.58 Å². The molecule has 0 aliphatic rings. The number of carboxylic acid groups (broad SMARTS) is 1. The topological polar surface area (TPSA) is 49.3 Å². The summed E-state index contributed by atoms with van der Waals surface area (Å²) in [5.74, 6) is -0.306. The van der Waals surface area contributed by atoms with Crippen molar-refractivity contribution in [2.45, 2.75) is 19.4 Å². The van der Waals surface area contributed by atoms with E-state index < -0.39 is 12.0 Å². The molecule has 0 aliphatic carbocycles. The van der Waals surface area contributed by atoms with Gasteiger partial charge in [0.15, 0.2) is 0 Å². The Labute approximate surface area is 71.9 Å². The first-order valence-electron chi connectivity index (χ1n) is 3.33. The maximum Gasteiger partial charge on any atom is 0.326 e. The Morgan fingerprint density at radius 1 is 1.82 bits per heavy atom. The van der Waals surface area contributed by atoms with Crippen LogP contribution in [0, 0.1) is 0 Å². The average Bonchev–Trinajstić information content (AvgIpc) is 1.86. The molecule has 0 saturated carbocycles. The highest BCUT2D eigenvalue weighted by atomic mass is 32.1. The molecule has 3 nitrogen and oxygen atoms in total. The van der Waals surface area contributed by atoms with Crippen LogP contribution in [0.1, 0.15) is 13.3 Å². The summed E-state index contributed by atoms with van der Waals surface area (Å²) < 4.78 is 0. The molecule has 0 aliphatic heterocycles. The molecule has 0 bridgehead atoms. The first kappa shape index (κ1) is 10.4. The van der Waals surface area contributed by atoms with Crippen LogP contribution in [0.5, 0.6) is 0 Å². The Balaban J connectivity index is 3.89. The van der Waals surface area contributed by atoms with Crippen LogP contribution in [0.25, 0.3) is 0 Å². The van der Waals surface area contributed by atoms with Gasteiger partial charge in [-0.3, -0.25) is 0 Å². The Kier molecular flexibility index (Phi) is 4.77. The van der Waals surface area contributed by atoms with E-state index in [4.69, 9.17) is 5.11 Å². The standard InChI is InChI=1S/C7H13NO2S/c1-5(2)8-6(3-4-11)7(9)10/h6,8,11H,1,3-4H2,2H3,(H,9,10). The van der Waals surface area contributed by atoms with Crippen LogP contribution in [0.3, 0.4) is 0 Å². The third-order valence-corrected chi connectivity index (χ3v) is 1.39. The van der Waals surface area contributed by atoms with E-state index in [9.17, 15) is 4.79 Å². The van der Waals surface area contributed by atoms with Crippen molar-refractivity contribution in [1.29, 1.82) is 0 Å². The molecule has 2 N–H and O–H groups in total. The normalized spacial score (nSPS) is 12.2. The highest BCUT2D eigenvalue weighted by molar-refractivity contribution is 7.80. The fraction of sp³-hybridized carbons (Fsp3) is 0.571. The van der Waals surface area contributed by atoms with Crippen molar-refractivity contribution in [3.8, 4) is 0 Å². The van der Waals surface area contributed by atoms with Gasteiger partial charge in [0.2, 0.25) is 0 Å². The first-order chi connectivity index (χ1) is 5.07. The van der Waals surface area contributed by atoms with Crippen molar-refractivity contribution in [3.63, 3.8) is 0 Å². The number of nitrogens with one attached hydrogen (secondary N) is 1. The number of carbonyl (C=O) groups is 1. The van der Waals surface area contributed by atoms with Crippen LogP contribution < -0.4 is 5.32 Å². The molecule has 0 aromatic rings. The van der Waals surface area contributed by atoms with E-state index in [2.05, 4.69) is 24.5 Å². The van der Waals surface area contributed by atoms with Crippen LogP contribution in [-0.4, -0.2) is 22.9 Å². The van der Waals surface area contributed by atoms with E-state index in [0.717, 1.165) is 0 Å². The molecule has 1 atom stereocenters. The maximum absolute atomic E-state index is 10.5. The van der Waals surface area contributed by atoms with Crippen LogP contribution in [0.15, 0.2) is 12.3 Å². The molecule has 0 aromatic carbocycles. The minimum absolute atomic E-state index is 0.505. The number of hydrogen-bond acceptors (Lipinski definition) is 3. The molecule has 0 saturated heterocycles. The molecule has 64 valence electrons. The summed E-state index contributed by atoms with van der Waals surface area (Å²) in [6.45, 7) is 5.29. The van der Waals surface area contributed by atoms with Crippen molar-refractivity contribution in [2.75, 3.05) is 5.75 Å². The Morgan fingerprint density at radius 2 is 2.36 bits per heavy atom. The lowest BCUT2D eigenvalue weighted by molar-refractivity contribution is -0.139. The smallest absolute Gasteiger partial charge is 0.326 e. The van der Waals surface area contributed by atoms with E-state index in [0.29, 0.717) is 17.9 Å². The number of thiol groups is 1. The molecule has 0 aromatic heterocycles. The highest BCUT2D eigenvalue weighted by Gasteiger charge is 2.14. The van der Waals surface area contributed by atoms with Gasteiger partial charge < -0.3 is 10.4 Å². The molecule has 0 radical (unpaired) electrons. The predicted molar refractivity (Wildman–Crippen MR) is 47.8 cm³/mol. The predicted octanol–water partition coefficient (Wildman–Crippen LogP) is 0.883. The number of carboxylic acids is 1. The van der Waals surface area contributed by atoms with E-state index in [-0.39, 0.29) is 0 Å². The van der Waals surface area contributed by atoms with Crippen LogP contribution in [-0.2, 0) is 4.79 Å². The second-order valence-corrected chi connectivity index (χ2v) is 2.77. The summed E-state index contributed by atoms with van der Waals surface area (Å²) in [4.78, 5) is 10.5. The Bertz CT molecular complexity index is 159. The Morgan fingerprint density at radius 3 is 2.64 bits per heavy atom. The number of allylic oxidation sites excluding steroid dienone is 1.